The molecule has 0 unspecified atom stereocenters. The lowest BCUT2D eigenvalue weighted by molar-refractivity contribution is -0.390. The summed E-state index contributed by atoms with van der Waals surface area (Å²) in [5.74, 6) is -1.24. The predicted molar refractivity (Wildman–Crippen MR) is 45.9 cm³/mol. The normalized spacial score (nSPS) is 11.9. The highest BCUT2D eigenvalue weighted by molar-refractivity contribution is 6.31. The van der Waals surface area contributed by atoms with E-state index in [4.69, 9.17) is 11.6 Å². The second-order valence-electron chi connectivity index (χ2n) is 2.78. The van der Waals surface area contributed by atoms with Crippen molar-refractivity contribution in [2.24, 2.45) is 0 Å². The van der Waals surface area contributed by atoms with Crippen LogP contribution in [0.1, 0.15) is 17.7 Å². The van der Waals surface area contributed by atoms with Crippen LogP contribution < -0.4 is 0 Å². The van der Waals surface area contributed by atoms with Crippen LogP contribution in [0.4, 0.5) is 27.8 Å². The van der Waals surface area contributed by atoms with E-state index in [9.17, 15) is 32.1 Å². The van der Waals surface area contributed by atoms with Crippen LogP contribution in [-0.2, 0) is 6.18 Å². The molecule has 0 spiro atoms. The molecule has 0 atom stereocenters. The Morgan fingerprint density at radius 3 is 2.29 bits per heavy atom. The molecule has 94 valence electrons. The topological polar surface area (TPSA) is 56.0 Å². The Labute approximate surface area is 95.2 Å². The van der Waals surface area contributed by atoms with Gasteiger partial charge in [-0.25, -0.2) is 8.78 Å². The summed E-state index contributed by atoms with van der Waals surface area (Å²) in [6.07, 6.45) is -8.78. The Morgan fingerprint density at radius 1 is 1.41 bits per heavy atom. The number of alkyl halides is 5. The van der Waals surface area contributed by atoms with E-state index in [1.54, 1.807) is 0 Å². The van der Waals surface area contributed by atoms with E-state index >= 15 is 0 Å². The monoisotopic (exact) mass is 276 g/mol. The fourth-order valence-corrected chi connectivity index (χ4v) is 1.30. The maximum absolute atomic E-state index is 12.4. The van der Waals surface area contributed by atoms with Crippen LogP contribution in [0, 0.1) is 10.1 Å². The maximum atomic E-state index is 12.4. The molecule has 0 aliphatic rings. The Bertz CT molecular complexity index is 462. The van der Waals surface area contributed by atoms with Gasteiger partial charge in [-0.15, -0.1) is 0 Å². The third-order valence-electron chi connectivity index (χ3n) is 1.67. The molecule has 0 N–H and O–H groups in total. The summed E-state index contributed by atoms with van der Waals surface area (Å²) in [5, 5.41) is 9.20. The van der Waals surface area contributed by atoms with E-state index in [-0.39, 0.29) is 0 Å². The van der Waals surface area contributed by atoms with Gasteiger partial charge in [0.15, 0.2) is 0 Å². The second kappa shape index (κ2) is 4.40. The van der Waals surface area contributed by atoms with Gasteiger partial charge in [-0.05, 0) is 9.91 Å². The average molecular weight is 277 g/mol. The van der Waals surface area contributed by atoms with Crippen molar-refractivity contribution in [2.75, 3.05) is 0 Å². The lowest BCUT2D eigenvalue weighted by Crippen LogP contribution is -2.14. The van der Waals surface area contributed by atoms with Crippen LogP contribution in [-0.4, -0.2) is 9.91 Å². The Balaban J connectivity index is 3.57. The summed E-state index contributed by atoms with van der Waals surface area (Å²) in [7, 11) is 0. The van der Waals surface area contributed by atoms with E-state index in [0.717, 1.165) is 0 Å². The van der Waals surface area contributed by atoms with Crippen LogP contribution in [0.2, 0.25) is 5.02 Å². The molecule has 0 amide bonds. The Kier molecular flexibility index (Phi) is 3.51. The molecule has 0 fully saturated rings. The van der Waals surface area contributed by atoms with Crippen molar-refractivity contribution in [3.05, 3.63) is 32.5 Å². The second-order valence-corrected chi connectivity index (χ2v) is 3.19. The SMILES string of the molecule is O=[N+]([O-])c1cc(Cl)c(C(F)F)c(C(F)(F)F)n1. The lowest BCUT2D eigenvalue weighted by atomic mass is 10.2. The van der Waals surface area contributed by atoms with Gasteiger partial charge in [0, 0.05) is 0 Å². The maximum Gasteiger partial charge on any atom is 0.458 e. The summed E-state index contributed by atoms with van der Waals surface area (Å²) < 4.78 is 61.8. The first-order valence-corrected chi connectivity index (χ1v) is 4.22. The molecule has 1 rings (SSSR count). The number of nitro groups is 1. The molecule has 0 aromatic carbocycles. The fraction of sp³-hybridized carbons (Fsp3) is 0.286. The van der Waals surface area contributed by atoms with Crippen molar-refractivity contribution in [1.82, 2.24) is 4.98 Å². The summed E-state index contributed by atoms with van der Waals surface area (Å²) in [6, 6.07) is 0.346. The summed E-state index contributed by atoms with van der Waals surface area (Å²) >= 11 is 5.16. The van der Waals surface area contributed by atoms with E-state index in [1.165, 1.54) is 0 Å². The molecule has 4 nitrogen and oxygen atoms in total. The van der Waals surface area contributed by atoms with E-state index in [0.29, 0.717) is 6.07 Å². The first-order valence-electron chi connectivity index (χ1n) is 3.84. The van der Waals surface area contributed by atoms with Gasteiger partial charge in [-0.2, -0.15) is 13.2 Å². The Morgan fingerprint density at radius 2 is 1.94 bits per heavy atom. The average Bonchev–Trinajstić information content (AvgIpc) is 2.14. The molecular formula is C7H2ClF5N2O2. The highest BCUT2D eigenvalue weighted by Crippen LogP contribution is 2.39. The molecule has 0 aliphatic carbocycles. The number of halogens is 6. The Hall–Kier alpha value is -1.51. The van der Waals surface area contributed by atoms with Crippen LogP contribution in [0.25, 0.3) is 0 Å². The van der Waals surface area contributed by atoms with E-state index in [2.05, 4.69) is 4.98 Å². The van der Waals surface area contributed by atoms with E-state index < -0.39 is 39.6 Å². The minimum Gasteiger partial charge on any atom is -0.358 e. The van der Waals surface area contributed by atoms with Crippen molar-refractivity contribution in [1.29, 1.82) is 0 Å². The zero-order valence-electron chi connectivity index (χ0n) is 7.63. The molecule has 1 aromatic heterocycles. The van der Waals surface area contributed by atoms with Gasteiger partial charge < -0.3 is 10.1 Å². The third kappa shape index (κ3) is 2.78. The van der Waals surface area contributed by atoms with Gasteiger partial charge >= 0.3 is 12.0 Å². The van der Waals surface area contributed by atoms with Crippen LogP contribution >= 0.6 is 11.6 Å². The minimum atomic E-state index is -5.25. The molecule has 0 saturated heterocycles. The fourth-order valence-electron chi connectivity index (χ4n) is 1.03. The zero-order chi connectivity index (χ0) is 13.4. The van der Waals surface area contributed by atoms with Gasteiger partial charge in [0.25, 0.3) is 12.1 Å². The van der Waals surface area contributed by atoms with Crippen LogP contribution in [0.15, 0.2) is 6.07 Å². The van der Waals surface area contributed by atoms with Crippen molar-refractivity contribution in [3.8, 4) is 0 Å². The lowest BCUT2D eigenvalue weighted by Gasteiger charge is -2.09. The zero-order valence-corrected chi connectivity index (χ0v) is 8.39. The summed E-state index contributed by atoms with van der Waals surface area (Å²) in [4.78, 5) is 11.5. The third-order valence-corrected chi connectivity index (χ3v) is 1.98. The first kappa shape index (κ1) is 13.6. The number of nitrogens with zero attached hydrogens (tertiary/aromatic N) is 2. The summed E-state index contributed by atoms with van der Waals surface area (Å²) in [6.45, 7) is 0. The van der Waals surface area contributed by atoms with Crippen molar-refractivity contribution < 1.29 is 26.9 Å². The summed E-state index contributed by atoms with van der Waals surface area (Å²) in [5.41, 5.74) is -3.61. The number of hydrogen-bond acceptors (Lipinski definition) is 3. The highest BCUT2D eigenvalue weighted by Gasteiger charge is 2.44. The number of aromatic nitrogens is 1. The highest BCUT2D eigenvalue weighted by atomic mass is 35.5. The predicted octanol–water partition coefficient (Wildman–Crippen LogP) is 3.60. The quantitative estimate of drug-likeness (QED) is 0.471. The largest absolute Gasteiger partial charge is 0.458 e. The minimum absolute atomic E-state index is 0.346. The number of hydrogen-bond donors (Lipinski definition) is 0. The van der Waals surface area contributed by atoms with Crippen LogP contribution in [0.3, 0.4) is 0 Å². The molecule has 0 radical (unpaired) electrons. The molecule has 0 bridgehead atoms. The molecule has 10 heteroatoms. The number of pyridine rings is 1. The van der Waals surface area contributed by atoms with Gasteiger partial charge in [-0.3, -0.25) is 0 Å². The van der Waals surface area contributed by atoms with Crippen LogP contribution in [0.5, 0.6) is 0 Å². The van der Waals surface area contributed by atoms with Crippen molar-refractivity contribution in [3.63, 3.8) is 0 Å². The van der Waals surface area contributed by atoms with Gasteiger partial charge in [0.2, 0.25) is 0 Å². The standard InChI is InChI=1S/C7H2ClF5N2O2/c8-2-1-3(15(16)17)14-5(7(11,12)13)4(2)6(9)10/h1,6H. The van der Waals surface area contributed by atoms with Gasteiger partial charge in [-0.1, -0.05) is 11.6 Å². The molecule has 1 heterocycles. The van der Waals surface area contributed by atoms with Crippen molar-refractivity contribution in [2.45, 2.75) is 12.6 Å². The molecule has 1 aromatic rings. The van der Waals surface area contributed by atoms with Gasteiger partial charge in [0.05, 0.1) is 16.7 Å². The molecule has 0 saturated carbocycles. The smallest absolute Gasteiger partial charge is 0.358 e. The molecule has 0 aliphatic heterocycles. The molecule has 17 heavy (non-hydrogen) atoms. The number of rotatable bonds is 2. The first-order chi connectivity index (χ1) is 7.64. The van der Waals surface area contributed by atoms with E-state index in [1.807, 2.05) is 0 Å². The van der Waals surface area contributed by atoms with Gasteiger partial charge in [0.1, 0.15) is 0 Å². The van der Waals surface area contributed by atoms with Crippen molar-refractivity contribution >= 4 is 17.4 Å². The molecular weight excluding hydrogens is 275 g/mol.